The van der Waals surface area contributed by atoms with Crippen LogP contribution in [-0.2, 0) is 4.79 Å². The van der Waals surface area contributed by atoms with E-state index in [4.69, 9.17) is 5.73 Å². The van der Waals surface area contributed by atoms with E-state index in [-0.39, 0.29) is 18.3 Å². The largest absolute Gasteiger partial charge is 0.341 e. The molecule has 1 saturated heterocycles. The highest BCUT2D eigenvalue weighted by atomic mass is 35.5. The van der Waals surface area contributed by atoms with Crippen LogP contribution < -0.4 is 5.73 Å². The molecular formula is C12H23ClN2O. The number of carbonyl (C=O) groups is 1. The third-order valence-electron chi connectivity index (χ3n) is 4.07. The van der Waals surface area contributed by atoms with Crippen molar-refractivity contribution in [3.8, 4) is 0 Å². The van der Waals surface area contributed by atoms with Crippen molar-refractivity contribution in [1.82, 2.24) is 4.90 Å². The summed E-state index contributed by atoms with van der Waals surface area (Å²) in [6.45, 7) is 4.07. The van der Waals surface area contributed by atoms with Gasteiger partial charge in [0.2, 0.25) is 5.91 Å². The average Bonchev–Trinajstić information content (AvgIpc) is 2.85. The molecule has 1 saturated carbocycles. The molecule has 1 atom stereocenters. The summed E-state index contributed by atoms with van der Waals surface area (Å²) in [7, 11) is 0. The lowest BCUT2D eigenvalue weighted by Crippen LogP contribution is -2.52. The fourth-order valence-corrected chi connectivity index (χ4v) is 2.88. The van der Waals surface area contributed by atoms with Gasteiger partial charge in [0.05, 0.1) is 5.54 Å². The van der Waals surface area contributed by atoms with Crippen LogP contribution in [0.3, 0.4) is 0 Å². The summed E-state index contributed by atoms with van der Waals surface area (Å²) >= 11 is 0. The van der Waals surface area contributed by atoms with E-state index in [1.165, 1.54) is 12.8 Å². The van der Waals surface area contributed by atoms with Gasteiger partial charge in [-0.2, -0.15) is 0 Å². The molecule has 3 nitrogen and oxygen atoms in total. The van der Waals surface area contributed by atoms with Gasteiger partial charge in [-0.3, -0.25) is 4.79 Å². The lowest BCUT2D eigenvalue weighted by atomic mass is 9.97. The molecule has 1 amide bonds. The molecule has 0 aromatic heterocycles. The molecule has 1 heterocycles. The highest BCUT2D eigenvalue weighted by Gasteiger charge is 2.41. The Morgan fingerprint density at radius 3 is 2.56 bits per heavy atom. The smallest absolute Gasteiger partial charge is 0.242 e. The van der Waals surface area contributed by atoms with E-state index in [1.807, 2.05) is 4.90 Å². The quantitative estimate of drug-likeness (QED) is 0.810. The van der Waals surface area contributed by atoms with E-state index in [0.717, 1.165) is 38.8 Å². The fourth-order valence-electron chi connectivity index (χ4n) is 2.88. The summed E-state index contributed by atoms with van der Waals surface area (Å²) in [5.74, 6) is 0.926. The van der Waals surface area contributed by atoms with Gasteiger partial charge in [0.15, 0.2) is 0 Å². The van der Waals surface area contributed by atoms with E-state index in [1.54, 1.807) is 0 Å². The van der Waals surface area contributed by atoms with E-state index in [0.29, 0.717) is 5.92 Å². The van der Waals surface area contributed by atoms with Crippen molar-refractivity contribution < 1.29 is 4.79 Å². The molecule has 1 aliphatic heterocycles. The second-order valence-corrected chi connectivity index (χ2v) is 5.18. The molecule has 1 unspecified atom stereocenters. The van der Waals surface area contributed by atoms with Gasteiger partial charge in [0.25, 0.3) is 0 Å². The Balaban J connectivity index is 0.00000128. The number of hydrogen-bond acceptors (Lipinski definition) is 2. The number of rotatable bonds is 2. The lowest BCUT2D eigenvalue weighted by molar-refractivity contribution is -0.135. The average molecular weight is 247 g/mol. The normalized spacial score (nSPS) is 27.9. The highest BCUT2D eigenvalue weighted by molar-refractivity contribution is 5.86. The zero-order chi connectivity index (χ0) is 10.9. The predicted molar refractivity (Wildman–Crippen MR) is 67.6 cm³/mol. The Labute approximate surface area is 104 Å². The highest BCUT2D eigenvalue weighted by Crippen LogP contribution is 2.31. The van der Waals surface area contributed by atoms with Crippen LogP contribution >= 0.6 is 12.4 Å². The Bertz CT molecular complexity index is 251. The first-order valence-electron chi connectivity index (χ1n) is 6.24. The summed E-state index contributed by atoms with van der Waals surface area (Å²) in [4.78, 5) is 14.2. The minimum atomic E-state index is -0.511. The van der Waals surface area contributed by atoms with Crippen LogP contribution in [-0.4, -0.2) is 29.4 Å². The van der Waals surface area contributed by atoms with Crippen molar-refractivity contribution in [3.63, 3.8) is 0 Å². The van der Waals surface area contributed by atoms with Crippen LogP contribution in [0.4, 0.5) is 0 Å². The summed E-state index contributed by atoms with van der Waals surface area (Å²) in [6.07, 6.45) is 6.36. The van der Waals surface area contributed by atoms with Crippen LogP contribution in [0.25, 0.3) is 0 Å². The molecule has 2 fully saturated rings. The standard InChI is InChI=1S/C12H22N2O.ClH/c1-2-10-5-8-14(9-10)11(15)12(13)6-3-4-7-12;/h10H,2-9,13H2,1H3;1H. The number of amides is 1. The van der Waals surface area contributed by atoms with Gasteiger partial charge in [0, 0.05) is 13.1 Å². The fraction of sp³-hybridized carbons (Fsp3) is 0.917. The van der Waals surface area contributed by atoms with Gasteiger partial charge in [-0.05, 0) is 25.2 Å². The maximum absolute atomic E-state index is 12.2. The van der Waals surface area contributed by atoms with Gasteiger partial charge in [-0.25, -0.2) is 0 Å². The van der Waals surface area contributed by atoms with Gasteiger partial charge >= 0.3 is 0 Å². The SMILES string of the molecule is CCC1CCN(C(=O)C2(N)CCCC2)C1.Cl. The first-order valence-corrected chi connectivity index (χ1v) is 6.24. The first-order chi connectivity index (χ1) is 7.15. The second-order valence-electron chi connectivity index (χ2n) is 5.18. The second kappa shape index (κ2) is 5.37. The zero-order valence-corrected chi connectivity index (χ0v) is 10.9. The molecule has 2 rings (SSSR count). The molecular weight excluding hydrogens is 224 g/mol. The number of likely N-dealkylation sites (tertiary alicyclic amines) is 1. The van der Waals surface area contributed by atoms with Crippen molar-refractivity contribution in [2.75, 3.05) is 13.1 Å². The minimum absolute atomic E-state index is 0. The van der Waals surface area contributed by atoms with E-state index in [9.17, 15) is 4.79 Å². The molecule has 1 aliphatic carbocycles. The molecule has 2 N–H and O–H groups in total. The van der Waals surface area contributed by atoms with E-state index < -0.39 is 5.54 Å². The van der Waals surface area contributed by atoms with Gasteiger partial charge in [0.1, 0.15) is 0 Å². The molecule has 0 aromatic carbocycles. The molecule has 2 aliphatic rings. The van der Waals surface area contributed by atoms with Gasteiger partial charge in [-0.1, -0.05) is 26.2 Å². The summed E-state index contributed by atoms with van der Waals surface area (Å²) in [6, 6.07) is 0. The number of carbonyl (C=O) groups excluding carboxylic acids is 1. The van der Waals surface area contributed by atoms with Crippen molar-refractivity contribution in [2.24, 2.45) is 11.7 Å². The molecule has 0 spiro atoms. The van der Waals surface area contributed by atoms with E-state index in [2.05, 4.69) is 6.92 Å². The van der Waals surface area contributed by atoms with Crippen LogP contribution in [0.1, 0.15) is 45.4 Å². The third kappa shape index (κ3) is 2.51. The number of nitrogens with two attached hydrogens (primary N) is 1. The summed E-state index contributed by atoms with van der Waals surface area (Å²) in [5.41, 5.74) is 5.67. The van der Waals surface area contributed by atoms with Crippen molar-refractivity contribution in [2.45, 2.75) is 51.0 Å². The number of nitrogens with zero attached hydrogens (tertiary/aromatic N) is 1. The minimum Gasteiger partial charge on any atom is -0.341 e. The molecule has 16 heavy (non-hydrogen) atoms. The first kappa shape index (κ1) is 13.8. The van der Waals surface area contributed by atoms with Crippen molar-refractivity contribution >= 4 is 18.3 Å². The van der Waals surface area contributed by atoms with Crippen LogP contribution in [0, 0.1) is 5.92 Å². The topological polar surface area (TPSA) is 46.3 Å². The Morgan fingerprint density at radius 2 is 2.06 bits per heavy atom. The van der Waals surface area contributed by atoms with Crippen molar-refractivity contribution in [1.29, 1.82) is 0 Å². The number of halogens is 1. The molecule has 4 heteroatoms. The van der Waals surface area contributed by atoms with Crippen LogP contribution in [0.2, 0.25) is 0 Å². The predicted octanol–water partition coefficient (Wildman–Crippen LogP) is 1.94. The van der Waals surface area contributed by atoms with Crippen LogP contribution in [0.15, 0.2) is 0 Å². The Kier molecular flexibility index (Phi) is 4.62. The monoisotopic (exact) mass is 246 g/mol. The van der Waals surface area contributed by atoms with Crippen molar-refractivity contribution in [3.05, 3.63) is 0 Å². The lowest BCUT2D eigenvalue weighted by Gasteiger charge is -2.28. The van der Waals surface area contributed by atoms with Gasteiger partial charge in [-0.15, -0.1) is 12.4 Å². The zero-order valence-electron chi connectivity index (χ0n) is 10.1. The third-order valence-corrected chi connectivity index (χ3v) is 4.07. The summed E-state index contributed by atoms with van der Waals surface area (Å²) in [5, 5.41) is 0. The summed E-state index contributed by atoms with van der Waals surface area (Å²) < 4.78 is 0. The molecule has 0 bridgehead atoms. The van der Waals surface area contributed by atoms with E-state index >= 15 is 0 Å². The van der Waals surface area contributed by atoms with Crippen LogP contribution in [0.5, 0.6) is 0 Å². The maximum atomic E-state index is 12.2. The molecule has 94 valence electrons. The maximum Gasteiger partial charge on any atom is 0.242 e. The number of hydrogen-bond donors (Lipinski definition) is 1. The van der Waals surface area contributed by atoms with Gasteiger partial charge < -0.3 is 10.6 Å². The molecule has 0 radical (unpaired) electrons. The Hall–Kier alpha value is -0.280. The Morgan fingerprint density at radius 1 is 1.44 bits per heavy atom. The molecule has 0 aromatic rings.